The Labute approximate surface area is 97.2 Å². The van der Waals surface area contributed by atoms with Gasteiger partial charge in [0.25, 0.3) is 0 Å². The first kappa shape index (κ1) is 10.9. The number of hydrogen-bond donors (Lipinski definition) is 0. The Balaban J connectivity index is 2.24. The molecule has 0 aromatic heterocycles. The van der Waals surface area contributed by atoms with Gasteiger partial charge >= 0.3 is 0 Å². The van der Waals surface area contributed by atoms with Crippen LogP contribution in [0, 0.1) is 0 Å². The summed E-state index contributed by atoms with van der Waals surface area (Å²) >= 11 is 3.49. The van der Waals surface area contributed by atoms with Gasteiger partial charge in [0.15, 0.2) is 0 Å². The average Bonchev–Trinajstić information content (AvgIpc) is 2.31. The number of nitrogens with zero attached hydrogens (tertiary/aromatic N) is 1. The van der Waals surface area contributed by atoms with Crippen LogP contribution in [0.3, 0.4) is 0 Å². The molecule has 4 heteroatoms. The monoisotopic (exact) mass is 273 g/mol. The molecule has 1 aromatic carbocycles. The van der Waals surface area contributed by atoms with Crippen molar-refractivity contribution >= 4 is 21.6 Å². The van der Waals surface area contributed by atoms with E-state index in [1.54, 1.807) is 6.07 Å². The normalized spacial score (nSPS) is 16.8. The first-order valence-corrected chi connectivity index (χ1v) is 5.77. The molecular weight excluding hydrogens is 261 g/mol. The highest BCUT2D eigenvalue weighted by molar-refractivity contribution is 9.10. The van der Waals surface area contributed by atoms with Gasteiger partial charge in [-0.05, 0) is 33.6 Å². The quantitative estimate of drug-likeness (QED) is 0.822. The van der Waals surface area contributed by atoms with E-state index < -0.39 is 6.67 Å². The smallest absolute Gasteiger partial charge is 0.115 e. The summed E-state index contributed by atoms with van der Waals surface area (Å²) in [6.07, 6.45) is 0. The maximum atomic E-state index is 12.5. The number of benzene rings is 1. The molecule has 15 heavy (non-hydrogen) atoms. The van der Waals surface area contributed by atoms with Gasteiger partial charge in [0.05, 0.1) is 18.9 Å². The Morgan fingerprint density at radius 3 is 2.73 bits per heavy atom. The van der Waals surface area contributed by atoms with Gasteiger partial charge in [0.2, 0.25) is 0 Å². The number of anilines is 1. The van der Waals surface area contributed by atoms with Crippen molar-refractivity contribution in [3.8, 4) is 0 Å². The Bertz CT molecular complexity index is 339. The highest BCUT2D eigenvalue weighted by atomic mass is 79.9. The fourth-order valence-electron chi connectivity index (χ4n) is 1.69. The minimum absolute atomic E-state index is 0.412. The molecule has 0 N–H and O–H groups in total. The summed E-state index contributed by atoms with van der Waals surface area (Å²) < 4.78 is 18.8. The van der Waals surface area contributed by atoms with Gasteiger partial charge in [0.1, 0.15) is 6.67 Å². The van der Waals surface area contributed by atoms with Crippen molar-refractivity contribution < 1.29 is 9.13 Å². The summed E-state index contributed by atoms with van der Waals surface area (Å²) in [4.78, 5) is 2.22. The molecule has 1 aromatic rings. The van der Waals surface area contributed by atoms with Crippen molar-refractivity contribution in [2.45, 2.75) is 6.67 Å². The van der Waals surface area contributed by atoms with Crippen LogP contribution in [0.1, 0.15) is 5.56 Å². The van der Waals surface area contributed by atoms with Gasteiger partial charge in [-0.3, -0.25) is 0 Å². The Morgan fingerprint density at radius 1 is 1.33 bits per heavy atom. The largest absolute Gasteiger partial charge is 0.378 e. The van der Waals surface area contributed by atoms with E-state index in [0.29, 0.717) is 0 Å². The van der Waals surface area contributed by atoms with E-state index in [2.05, 4.69) is 20.8 Å². The summed E-state index contributed by atoms with van der Waals surface area (Å²) in [5, 5.41) is 0. The Kier molecular flexibility index (Phi) is 3.59. The van der Waals surface area contributed by atoms with Gasteiger partial charge in [-0.1, -0.05) is 6.07 Å². The molecule has 0 amide bonds. The third kappa shape index (κ3) is 2.49. The molecule has 0 unspecified atom stereocenters. The fourth-order valence-corrected chi connectivity index (χ4v) is 2.19. The number of halogens is 2. The lowest BCUT2D eigenvalue weighted by Crippen LogP contribution is -2.36. The number of ether oxygens (including phenoxy) is 1. The van der Waals surface area contributed by atoms with E-state index in [-0.39, 0.29) is 0 Å². The molecule has 0 aliphatic carbocycles. The highest BCUT2D eigenvalue weighted by Crippen LogP contribution is 2.28. The van der Waals surface area contributed by atoms with Crippen LogP contribution in [0.4, 0.5) is 10.1 Å². The van der Waals surface area contributed by atoms with E-state index in [1.165, 1.54) is 0 Å². The van der Waals surface area contributed by atoms with Crippen molar-refractivity contribution in [3.63, 3.8) is 0 Å². The lowest BCUT2D eigenvalue weighted by atomic mass is 10.2. The minimum Gasteiger partial charge on any atom is -0.378 e. The van der Waals surface area contributed by atoms with Gasteiger partial charge in [-0.2, -0.15) is 0 Å². The number of alkyl halides is 1. The molecule has 1 aliphatic heterocycles. The van der Waals surface area contributed by atoms with E-state index in [4.69, 9.17) is 4.74 Å². The van der Waals surface area contributed by atoms with E-state index in [1.807, 2.05) is 12.1 Å². The summed E-state index contributed by atoms with van der Waals surface area (Å²) in [6, 6.07) is 5.60. The molecule has 0 bridgehead atoms. The van der Waals surface area contributed by atoms with Crippen molar-refractivity contribution in [2.24, 2.45) is 0 Å². The predicted octanol–water partition coefficient (Wildman–Crippen LogP) is 2.76. The van der Waals surface area contributed by atoms with Crippen LogP contribution in [0.25, 0.3) is 0 Å². The number of morpholine rings is 1. The molecular formula is C11H13BrFNO. The molecule has 0 spiro atoms. The van der Waals surface area contributed by atoms with Crippen LogP contribution in [-0.2, 0) is 11.4 Å². The van der Waals surface area contributed by atoms with Gasteiger partial charge in [-0.25, -0.2) is 4.39 Å². The third-order valence-electron chi connectivity index (χ3n) is 2.52. The number of hydrogen-bond acceptors (Lipinski definition) is 2. The second-order valence-electron chi connectivity index (χ2n) is 3.52. The standard InChI is InChI=1S/C11H13BrFNO/c12-10-2-1-9(8-13)7-11(10)14-3-5-15-6-4-14/h1-2,7H,3-6,8H2. The summed E-state index contributed by atoms with van der Waals surface area (Å²) in [6.45, 7) is 2.81. The fraction of sp³-hybridized carbons (Fsp3) is 0.455. The maximum absolute atomic E-state index is 12.5. The predicted molar refractivity (Wildman–Crippen MR) is 62.0 cm³/mol. The first-order valence-electron chi connectivity index (χ1n) is 4.98. The molecule has 0 radical (unpaired) electrons. The molecule has 82 valence electrons. The van der Waals surface area contributed by atoms with Crippen LogP contribution < -0.4 is 4.90 Å². The van der Waals surface area contributed by atoms with Gasteiger partial charge < -0.3 is 9.64 Å². The summed E-state index contributed by atoms with van der Waals surface area (Å²) in [7, 11) is 0. The Morgan fingerprint density at radius 2 is 2.07 bits per heavy atom. The molecule has 1 aliphatic rings. The molecule has 1 fully saturated rings. The van der Waals surface area contributed by atoms with Crippen LogP contribution in [0.15, 0.2) is 22.7 Å². The zero-order chi connectivity index (χ0) is 10.7. The van der Waals surface area contributed by atoms with Crippen molar-refractivity contribution in [2.75, 3.05) is 31.2 Å². The van der Waals surface area contributed by atoms with Gasteiger partial charge in [0, 0.05) is 17.6 Å². The average molecular weight is 274 g/mol. The van der Waals surface area contributed by atoms with Crippen molar-refractivity contribution in [3.05, 3.63) is 28.2 Å². The highest BCUT2D eigenvalue weighted by Gasteiger charge is 2.14. The Hall–Kier alpha value is -0.610. The molecule has 2 rings (SSSR count). The lowest BCUT2D eigenvalue weighted by molar-refractivity contribution is 0.122. The van der Waals surface area contributed by atoms with E-state index in [0.717, 1.165) is 42.0 Å². The third-order valence-corrected chi connectivity index (χ3v) is 3.19. The van der Waals surface area contributed by atoms with E-state index in [9.17, 15) is 4.39 Å². The summed E-state index contributed by atoms with van der Waals surface area (Å²) in [5.74, 6) is 0. The van der Waals surface area contributed by atoms with Crippen LogP contribution in [0.2, 0.25) is 0 Å². The van der Waals surface area contributed by atoms with Crippen LogP contribution >= 0.6 is 15.9 Å². The lowest BCUT2D eigenvalue weighted by Gasteiger charge is -2.29. The first-order chi connectivity index (χ1) is 7.31. The van der Waals surface area contributed by atoms with Gasteiger partial charge in [-0.15, -0.1) is 0 Å². The zero-order valence-corrected chi connectivity index (χ0v) is 9.96. The van der Waals surface area contributed by atoms with E-state index >= 15 is 0 Å². The second kappa shape index (κ2) is 4.94. The summed E-state index contributed by atoms with van der Waals surface area (Å²) in [5.41, 5.74) is 1.79. The SMILES string of the molecule is FCc1ccc(Br)c(N2CCOCC2)c1. The van der Waals surface area contributed by atoms with Crippen LogP contribution in [-0.4, -0.2) is 26.3 Å². The maximum Gasteiger partial charge on any atom is 0.115 e. The molecule has 1 saturated heterocycles. The molecule has 0 saturated carbocycles. The second-order valence-corrected chi connectivity index (χ2v) is 4.37. The zero-order valence-electron chi connectivity index (χ0n) is 8.38. The van der Waals surface area contributed by atoms with Crippen molar-refractivity contribution in [1.29, 1.82) is 0 Å². The minimum atomic E-state index is -0.412. The molecule has 0 atom stereocenters. The number of rotatable bonds is 2. The molecule has 2 nitrogen and oxygen atoms in total. The van der Waals surface area contributed by atoms with Crippen molar-refractivity contribution in [1.82, 2.24) is 0 Å². The van der Waals surface area contributed by atoms with Crippen LogP contribution in [0.5, 0.6) is 0 Å². The topological polar surface area (TPSA) is 12.5 Å². The molecule has 1 heterocycles.